The number of benzene rings is 1. The van der Waals surface area contributed by atoms with E-state index in [4.69, 9.17) is 0 Å². The average molecular weight is 251 g/mol. The van der Waals surface area contributed by atoms with Gasteiger partial charge in [-0.05, 0) is 44.0 Å². The minimum atomic E-state index is 0.0520. The van der Waals surface area contributed by atoms with Crippen molar-refractivity contribution in [3.05, 3.63) is 23.8 Å². The molecule has 1 aromatic rings. The normalized spacial score (nSPS) is 12.9. The first kappa shape index (κ1) is 14.8. The Morgan fingerprint density at radius 3 is 2.50 bits per heavy atom. The Hall–Kier alpha value is -1.22. The minimum Gasteiger partial charge on any atom is -0.508 e. The average Bonchev–Trinajstić information content (AvgIpc) is 2.31. The number of aromatic hydroxyl groups is 2. The van der Waals surface area contributed by atoms with Gasteiger partial charge in [-0.25, -0.2) is 0 Å². The summed E-state index contributed by atoms with van der Waals surface area (Å²) in [5.41, 5.74) is 0.749. The summed E-state index contributed by atoms with van der Waals surface area (Å²) in [6, 6.07) is 4.69. The van der Waals surface area contributed by atoms with Crippen molar-refractivity contribution in [1.29, 1.82) is 0 Å². The van der Waals surface area contributed by atoms with Crippen LogP contribution in [0.4, 0.5) is 0 Å². The smallest absolute Gasteiger partial charge is 0.120 e. The molecule has 102 valence electrons. The molecule has 0 saturated heterocycles. The van der Waals surface area contributed by atoms with Crippen LogP contribution in [0.25, 0.3) is 0 Å². The first-order valence-electron chi connectivity index (χ1n) is 6.76. The van der Waals surface area contributed by atoms with Gasteiger partial charge in [0.2, 0.25) is 0 Å². The third-order valence-electron chi connectivity index (χ3n) is 3.14. The Kier molecular flexibility index (Phi) is 5.99. The van der Waals surface area contributed by atoms with Gasteiger partial charge in [-0.15, -0.1) is 0 Å². The van der Waals surface area contributed by atoms with E-state index >= 15 is 0 Å². The van der Waals surface area contributed by atoms with E-state index in [2.05, 4.69) is 19.2 Å². The van der Waals surface area contributed by atoms with Crippen molar-refractivity contribution < 1.29 is 10.2 Å². The van der Waals surface area contributed by atoms with Gasteiger partial charge in [-0.2, -0.15) is 0 Å². The van der Waals surface area contributed by atoms with Crippen molar-refractivity contribution in [2.45, 2.75) is 46.1 Å². The summed E-state index contributed by atoms with van der Waals surface area (Å²) in [5, 5.41) is 22.5. The SMILES string of the molecule is CC(C)CCCCNC(C)c1cc(O)ccc1O. The zero-order valence-corrected chi connectivity index (χ0v) is 11.6. The molecule has 1 atom stereocenters. The van der Waals surface area contributed by atoms with E-state index in [1.165, 1.54) is 25.0 Å². The minimum absolute atomic E-state index is 0.0520. The molecular formula is C15H25NO2. The van der Waals surface area contributed by atoms with Crippen LogP contribution in [0.1, 0.15) is 51.6 Å². The van der Waals surface area contributed by atoms with Crippen LogP contribution in [0.5, 0.6) is 11.5 Å². The van der Waals surface area contributed by atoms with E-state index in [1.807, 2.05) is 6.92 Å². The van der Waals surface area contributed by atoms with Gasteiger partial charge in [0.25, 0.3) is 0 Å². The van der Waals surface area contributed by atoms with Crippen LogP contribution in [0.3, 0.4) is 0 Å². The molecule has 18 heavy (non-hydrogen) atoms. The maximum Gasteiger partial charge on any atom is 0.120 e. The van der Waals surface area contributed by atoms with Gasteiger partial charge < -0.3 is 15.5 Å². The van der Waals surface area contributed by atoms with E-state index in [1.54, 1.807) is 6.07 Å². The molecule has 3 N–H and O–H groups in total. The molecule has 0 aromatic heterocycles. The fraction of sp³-hybridized carbons (Fsp3) is 0.600. The molecule has 0 aliphatic heterocycles. The third kappa shape index (κ3) is 4.96. The first-order valence-corrected chi connectivity index (χ1v) is 6.76. The van der Waals surface area contributed by atoms with Gasteiger partial charge >= 0.3 is 0 Å². The Bertz CT molecular complexity index is 364. The highest BCUT2D eigenvalue weighted by Crippen LogP contribution is 2.27. The summed E-state index contributed by atoms with van der Waals surface area (Å²) in [6.45, 7) is 7.40. The molecule has 3 heteroatoms. The molecule has 0 aliphatic carbocycles. The molecular weight excluding hydrogens is 226 g/mol. The van der Waals surface area contributed by atoms with Gasteiger partial charge in [0.1, 0.15) is 11.5 Å². The standard InChI is InChI=1S/C15H25NO2/c1-11(2)6-4-5-9-16-12(3)14-10-13(17)7-8-15(14)18/h7-8,10-12,16-18H,4-6,9H2,1-3H3. The molecule has 1 unspecified atom stereocenters. The number of phenols is 2. The Labute approximate surface area is 110 Å². The van der Waals surface area contributed by atoms with Crippen LogP contribution < -0.4 is 5.32 Å². The molecule has 1 aromatic carbocycles. The highest BCUT2D eigenvalue weighted by molar-refractivity contribution is 5.40. The molecule has 0 spiro atoms. The molecule has 0 radical (unpaired) electrons. The maximum atomic E-state index is 9.73. The summed E-state index contributed by atoms with van der Waals surface area (Å²) < 4.78 is 0. The van der Waals surface area contributed by atoms with Crippen LogP contribution in [-0.2, 0) is 0 Å². The van der Waals surface area contributed by atoms with E-state index < -0.39 is 0 Å². The van der Waals surface area contributed by atoms with Gasteiger partial charge in [0.15, 0.2) is 0 Å². The largest absolute Gasteiger partial charge is 0.508 e. The van der Waals surface area contributed by atoms with E-state index in [-0.39, 0.29) is 17.5 Å². The fourth-order valence-corrected chi connectivity index (χ4v) is 1.99. The van der Waals surface area contributed by atoms with Gasteiger partial charge in [-0.3, -0.25) is 0 Å². The molecule has 0 amide bonds. The molecule has 0 saturated carbocycles. The van der Waals surface area contributed by atoms with Crippen molar-refractivity contribution in [2.75, 3.05) is 6.54 Å². The molecule has 0 heterocycles. The van der Waals surface area contributed by atoms with Crippen molar-refractivity contribution >= 4 is 0 Å². The second-order valence-electron chi connectivity index (χ2n) is 5.31. The fourth-order valence-electron chi connectivity index (χ4n) is 1.99. The van der Waals surface area contributed by atoms with Crippen LogP contribution in [0, 0.1) is 5.92 Å². The van der Waals surface area contributed by atoms with E-state index in [0.29, 0.717) is 0 Å². The van der Waals surface area contributed by atoms with Crippen molar-refractivity contribution in [1.82, 2.24) is 5.32 Å². The number of rotatable bonds is 7. The molecule has 0 fully saturated rings. The highest BCUT2D eigenvalue weighted by Gasteiger charge is 2.10. The molecule has 0 bridgehead atoms. The predicted molar refractivity (Wildman–Crippen MR) is 74.9 cm³/mol. The van der Waals surface area contributed by atoms with Crippen LogP contribution in [-0.4, -0.2) is 16.8 Å². The summed E-state index contributed by atoms with van der Waals surface area (Å²) in [7, 11) is 0. The summed E-state index contributed by atoms with van der Waals surface area (Å²) in [4.78, 5) is 0. The lowest BCUT2D eigenvalue weighted by Crippen LogP contribution is -2.20. The number of hydrogen-bond donors (Lipinski definition) is 3. The Morgan fingerprint density at radius 2 is 1.83 bits per heavy atom. The Balaban J connectivity index is 2.36. The molecule has 0 aliphatic rings. The summed E-state index contributed by atoms with van der Waals surface area (Å²) in [5.74, 6) is 1.18. The zero-order chi connectivity index (χ0) is 13.5. The highest BCUT2D eigenvalue weighted by atomic mass is 16.3. The second-order valence-corrected chi connectivity index (χ2v) is 5.31. The lowest BCUT2D eigenvalue weighted by molar-refractivity contribution is 0.437. The lowest BCUT2D eigenvalue weighted by atomic mass is 10.1. The van der Waals surface area contributed by atoms with Crippen molar-refractivity contribution in [3.8, 4) is 11.5 Å². The van der Waals surface area contributed by atoms with Gasteiger partial charge in [0.05, 0.1) is 0 Å². The lowest BCUT2D eigenvalue weighted by Gasteiger charge is -2.16. The number of nitrogens with one attached hydrogen (secondary N) is 1. The first-order chi connectivity index (χ1) is 8.50. The van der Waals surface area contributed by atoms with E-state index in [0.717, 1.165) is 24.4 Å². The topological polar surface area (TPSA) is 52.5 Å². The molecule has 1 rings (SSSR count). The zero-order valence-electron chi connectivity index (χ0n) is 11.6. The van der Waals surface area contributed by atoms with Crippen molar-refractivity contribution in [2.24, 2.45) is 5.92 Å². The third-order valence-corrected chi connectivity index (χ3v) is 3.14. The maximum absolute atomic E-state index is 9.73. The number of hydrogen-bond acceptors (Lipinski definition) is 3. The predicted octanol–water partition coefficient (Wildman–Crippen LogP) is 3.57. The quantitative estimate of drug-likeness (QED) is 0.513. The van der Waals surface area contributed by atoms with Gasteiger partial charge in [0, 0.05) is 11.6 Å². The van der Waals surface area contributed by atoms with E-state index in [9.17, 15) is 10.2 Å². The van der Waals surface area contributed by atoms with Crippen LogP contribution in [0.2, 0.25) is 0 Å². The monoisotopic (exact) mass is 251 g/mol. The van der Waals surface area contributed by atoms with Crippen molar-refractivity contribution in [3.63, 3.8) is 0 Å². The summed E-state index contributed by atoms with van der Waals surface area (Å²) in [6.07, 6.45) is 3.62. The second kappa shape index (κ2) is 7.27. The number of unbranched alkanes of at least 4 members (excludes halogenated alkanes) is 1. The number of phenolic OH excluding ortho intramolecular Hbond substituents is 2. The van der Waals surface area contributed by atoms with Gasteiger partial charge in [-0.1, -0.05) is 26.7 Å². The Morgan fingerprint density at radius 1 is 1.11 bits per heavy atom. The molecule has 3 nitrogen and oxygen atoms in total. The van der Waals surface area contributed by atoms with Crippen LogP contribution >= 0.6 is 0 Å². The summed E-state index contributed by atoms with van der Waals surface area (Å²) >= 11 is 0. The van der Waals surface area contributed by atoms with Crippen LogP contribution in [0.15, 0.2) is 18.2 Å².